The van der Waals surface area contributed by atoms with Crippen LogP contribution in [0, 0.1) is 0 Å². The van der Waals surface area contributed by atoms with E-state index in [1.54, 1.807) is 35.5 Å². The predicted octanol–water partition coefficient (Wildman–Crippen LogP) is 3.03. The van der Waals surface area contributed by atoms with Gasteiger partial charge in [0.15, 0.2) is 11.5 Å². The molecule has 1 aromatic rings. The quantitative estimate of drug-likeness (QED) is 0.831. The van der Waals surface area contributed by atoms with Crippen LogP contribution in [0.1, 0.15) is 26.3 Å². The zero-order chi connectivity index (χ0) is 15.5. The fourth-order valence-electron chi connectivity index (χ4n) is 2.27. The largest absolute Gasteiger partial charge is 0.492 e. The number of hydrogen-bond donors (Lipinski definition) is 0. The summed E-state index contributed by atoms with van der Waals surface area (Å²) in [5.74, 6) is 2.64. The van der Waals surface area contributed by atoms with Crippen molar-refractivity contribution < 1.29 is 23.7 Å². The van der Waals surface area contributed by atoms with Gasteiger partial charge in [0.2, 0.25) is 17.2 Å². The van der Waals surface area contributed by atoms with Crippen LogP contribution in [0.5, 0.6) is 28.7 Å². The van der Waals surface area contributed by atoms with E-state index in [1.807, 2.05) is 0 Å². The Morgan fingerprint density at radius 3 is 0.950 bits per heavy atom. The van der Waals surface area contributed by atoms with Gasteiger partial charge in [-0.2, -0.15) is 0 Å². The fourth-order valence-corrected chi connectivity index (χ4v) is 2.27. The van der Waals surface area contributed by atoms with Crippen molar-refractivity contribution in [2.75, 3.05) is 35.5 Å². The van der Waals surface area contributed by atoms with Crippen molar-refractivity contribution >= 4 is 0 Å². The molecule has 0 atom stereocenters. The third-order valence-corrected chi connectivity index (χ3v) is 3.05. The van der Waals surface area contributed by atoms with Gasteiger partial charge in [-0.25, -0.2) is 0 Å². The van der Waals surface area contributed by atoms with Crippen LogP contribution < -0.4 is 23.7 Å². The summed E-state index contributed by atoms with van der Waals surface area (Å²) >= 11 is 0. The van der Waals surface area contributed by atoms with E-state index in [-0.39, 0.29) is 5.41 Å². The normalized spacial score (nSPS) is 11.0. The lowest BCUT2D eigenvalue weighted by atomic mass is 9.84. The van der Waals surface area contributed by atoms with Crippen molar-refractivity contribution in [3.63, 3.8) is 0 Å². The molecular weight excluding hydrogens is 260 g/mol. The van der Waals surface area contributed by atoms with E-state index in [2.05, 4.69) is 20.8 Å². The monoisotopic (exact) mass is 284 g/mol. The highest BCUT2D eigenvalue weighted by atomic mass is 16.6. The van der Waals surface area contributed by atoms with Gasteiger partial charge in [-0.15, -0.1) is 0 Å². The molecule has 5 heteroatoms. The Kier molecular flexibility index (Phi) is 4.98. The van der Waals surface area contributed by atoms with Crippen LogP contribution in [-0.2, 0) is 5.41 Å². The van der Waals surface area contributed by atoms with Crippen molar-refractivity contribution in [2.45, 2.75) is 26.2 Å². The maximum Gasteiger partial charge on any atom is 0.211 e. The Bertz CT molecular complexity index is 441. The van der Waals surface area contributed by atoms with Crippen molar-refractivity contribution in [3.05, 3.63) is 5.56 Å². The van der Waals surface area contributed by atoms with Gasteiger partial charge in [0.1, 0.15) is 0 Å². The molecule has 0 aromatic heterocycles. The highest BCUT2D eigenvalue weighted by Crippen LogP contribution is 2.56. The number of rotatable bonds is 5. The molecule has 20 heavy (non-hydrogen) atoms. The lowest BCUT2D eigenvalue weighted by Gasteiger charge is -2.28. The molecule has 0 heterocycles. The zero-order valence-corrected chi connectivity index (χ0v) is 13.5. The summed E-state index contributed by atoms with van der Waals surface area (Å²) in [7, 11) is 7.88. The van der Waals surface area contributed by atoms with Crippen molar-refractivity contribution in [1.82, 2.24) is 0 Å². The van der Waals surface area contributed by atoms with E-state index in [0.717, 1.165) is 5.56 Å². The maximum atomic E-state index is 5.54. The van der Waals surface area contributed by atoms with Crippen LogP contribution >= 0.6 is 0 Å². The number of methoxy groups -OCH3 is 5. The predicted molar refractivity (Wildman–Crippen MR) is 77.9 cm³/mol. The van der Waals surface area contributed by atoms with Gasteiger partial charge in [0.05, 0.1) is 35.5 Å². The SMILES string of the molecule is COc1c(OC)c(OC)c(C(C)(C)C)c(OC)c1OC. The van der Waals surface area contributed by atoms with E-state index < -0.39 is 0 Å². The molecule has 0 aliphatic heterocycles. The molecule has 114 valence electrons. The smallest absolute Gasteiger partial charge is 0.211 e. The second-order valence-electron chi connectivity index (χ2n) is 5.29. The summed E-state index contributed by atoms with van der Waals surface area (Å²) in [6.07, 6.45) is 0. The van der Waals surface area contributed by atoms with E-state index in [9.17, 15) is 0 Å². The third-order valence-electron chi connectivity index (χ3n) is 3.05. The summed E-state index contributed by atoms with van der Waals surface area (Å²) < 4.78 is 27.4. The van der Waals surface area contributed by atoms with Crippen LogP contribution in [0.15, 0.2) is 0 Å². The van der Waals surface area contributed by atoms with Gasteiger partial charge in [-0.3, -0.25) is 0 Å². The molecule has 0 bridgehead atoms. The standard InChI is InChI=1S/C15H24O5/c1-15(2,3)9-10(16-4)12(18-6)14(20-8)13(19-7)11(9)17-5/h1-8H3. The van der Waals surface area contributed by atoms with Gasteiger partial charge < -0.3 is 23.7 Å². The first-order valence-corrected chi connectivity index (χ1v) is 6.31. The molecule has 0 amide bonds. The molecule has 0 radical (unpaired) electrons. The first kappa shape index (κ1) is 16.3. The van der Waals surface area contributed by atoms with Crippen LogP contribution in [0.2, 0.25) is 0 Å². The first-order valence-electron chi connectivity index (χ1n) is 6.31. The minimum Gasteiger partial charge on any atom is -0.492 e. The Hall–Kier alpha value is -1.78. The average molecular weight is 284 g/mol. The van der Waals surface area contributed by atoms with Gasteiger partial charge in [0, 0.05) is 5.56 Å². The fraction of sp³-hybridized carbons (Fsp3) is 0.600. The maximum absolute atomic E-state index is 5.54. The van der Waals surface area contributed by atoms with Crippen LogP contribution in [-0.4, -0.2) is 35.5 Å². The molecule has 0 aliphatic rings. The minimum absolute atomic E-state index is 0.219. The number of ether oxygens (including phenoxy) is 5. The van der Waals surface area contributed by atoms with Gasteiger partial charge in [-0.1, -0.05) is 20.8 Å². The molecule has 0 unspecified atom stereocenters. The Labute approximate surface area is 120 Å². The second-order valence-corrected chi connectivity index (χ2v) is 5.29. The molecule has 0 saturated carbocycles. The minimum atomic E-state index is -0.219. The van der Waals surface area contributed by atoms with E-state index in [1.165, 1.54) is 0 Å². The first-order chi connectivity index (χ1) is 9.37. The summed E-state index contributed by atoms with van der Waals surface area (Å²) in [5, 5.41) is 0. The Morgan fingerprint density at radius 2 is 0.750 bits per heavy atom. The Morgan fingerprint density at radius 1 is 0.500 bits per heavy atom. The third kappa shape index (κ3) is 2.57. The molecule has 5 nitrogen and oxygen atoms in total. The van der Waals surface area contributed by atoms with Crippen molar-refractivity contribution in [1.29, 1.82) is 0 Å². The zero-order valence-electron chi connectivity index (χ0n) is 13.5. The summed E-state index contributed by atoms with van der Waals surface area (Å²) in [5.41, 5.74) is 0.653. The molecule has 0 fully saturated rings. The molecule has 0 spiro atoms. The average Bonchev–Trinajstić information content (AvgIpc) is 2.42. The summed E-state index contributed by atoms with van der Waals surface area (Å²) in [6.45, 7) is 6.20. The van der Waals surface area contributed by atoms with Gasteiger partial charge >= 0.3 is 0 Å². The topological polar surface area (TPSA) is 46.2 Å². The van der Waals surface area contributed by atoms with Gasteiger partial charge in [0.25, 0.3) is 0 Å². The molecular formula is C15H24O5. The lowest BCUT2D eigenvalue weighted by Crippen LogP contribution is -2.16. The molecule has 0 N–H and O–H groups in total. The molecule has 1 aromatic carbocycles. The van der Waals surface area contributed by atoms with Crippen LogP contribution in [0.25, 0.3) is 0 Å². The highest BCUT2D eigenvalue weighted by Gasteiger charge is 2.34. The van der Waals surface area contributed by atoms with Crippen molar-refractivity contribution in [3.8, 4) is 28.7 Å². The summed E-state index contributed by atoms with van der Waals surface area (Å²) in [6, 6.07) is 0. The van der Waals surface area contributed by atoms with E-state index >= 15 is 0 Å². The number of hydrogen-bond acceptors (Lipinski definition) is 5. The molecule has 0 saturated heterocycles. The Balaban J connectivity index is 3.90. The van der Waals surface area contributed by atoms with E-state index in [0.29, 0.717) is 28.7 Å². The van der Waals surface area contributed by atoms with E-state index in [4.69, 9.17) is 23.7 Å². The van der Waals surface area contributed by atoms with Crippen LogP contribution in [0.3, 0.4) is 0 Å². The van der Waals surface area contributed by atoms with Gasteiger partial charge in [-0.05, 0) is 5.41 Å². The molecule has 1 rings (SSSR count). The highest BCUT2D eigenvalue weighted by molar-refractivity contribution is 5.71. The lowest BCUT2D eigenvalue weighted by molar-refractivity contribution is 0.281. The van der Waals surface area contributed by atoms with Crippen molar-refractivity contribution in [2.24, 2.45) is 0 Å². The van der Waals surface area contributed by atoms with Crippen LogP contribution in [0.4, 0.5) is 0 Å². The number of benzene rings is 1. The molecule has 0 aliphatic carbocycles. The second kappa shape index (κ2) is 6.11. The summed E-state index contributed by atoms with van der Waals surface area (Å²) in [4.78, 5) is 0.